The van der Waals surface area contributed by atoms with Crippen LogP contribution in [0, 0.1) is 5.92 Å². The van der Waals surface area contributed by atoms with E-state index < -0.39 is 0 Å². The lowest BCUT2D eigenvalue weighted by atomic mass is 9.97. The lowest BCUT2D eigenvalue weighted by Gasteiger charge is -2.35. The van der Waals surface area contributed by atoms with Crippen LogP contribution < -0.4 is 10.6 Å². The number of benzene rings is 1. The van der Waals surface area contributed by atoms with Gasteiger partial charge in [-0.05, 0) is 49.4 Å². The summed E-state index contributed by atoms with van der Waals surface area (Å²) in [4.78, 5) is 2.49. The van der Waals surface area contributed by atoms with Crippen LogP contribution in [0.4, 0.5) is 5.69 Å². The largest absolute Gasteiger partial charge is 0.384 e. The van der Waals surface area contributed by atoms with Crippen molar-refractivity contribution in [2.45, 2.75) is 19.3 Å². The molecule has 1 saturated heterocycles. The number of anilines is 1. The molecule has 2 rings (SSSR count). The fourth-order valence-electron chi connectivity index (χ4n) is 2.85. The van der Waals surface area contributed by atoms with Gasteiger partial charge in [-0.3, -0.25) is 0 Å². The molecule has 0 spiro atoms. The van der Waals surface area contributed by atoms with Gasteiger partial charge >= 0.3 is 0 Å². The summed E-state index contributed by atoms with van der Waals surface area (Å²) < 4.78 is 6.45. The highest BCUT2D eigenvalue weighted by Crippen LogP contribution is 2.29. The number of nitrogens with zero attached hydrogens (tertiary/aromatic N) is 1. The van der Waals surface area contributed by atoms with Crippen LogP contribution in [0.15, 0.2) is 22.7 Å². The molecule has 2 N–H and O–H groups in total. The van der Waals surface area contributed by atoms with Crippen molar-refractivity contribution in [1.82, 2.24) is 0 Å². The van der Waals surface area contributed by atoms with E-state index in [4.69, 9.17) is 10.5 Å². The number of rotatable bonds is 5. The monoisotopic (exact) mass is 326 g/mol. The van der Waals surface area contributed by atoms with E-state index in [1.807, 2.05) is 0 Å². The van der Waals surface area contributed by atoms with Gasteiger partial charge in [0.05, 0.1) is 6.61 Å². The van der Waals surface area contributed by atoms with Crippen LogP contribution in [-0.4, -0.2) is 33.4 Å². The number of ether oxygens (including phenoxy) is 1. The third-order valence-corrected chi connectivity index (χ3v) is 4.22. The second kappa shape index (κ2) is 7.27. The Balaban J connectivity index is 2.17. The van der Waals surface area contributed by atoms with Gasteiger partial charge in [0.2, 0.25) is 0 Å². The molecular formula is C15H23BrN2O. The molecule has 3 nitrogen and oxygen atoms in total. The Bertz CT molecular complexity index is 409. The Morgan fingerprint density at radius 2 is 2.32 bits per heavy atom. The van der Waals surface area contributed by atoms with Crippen molar-refractivity contribution in [2.75, 3.05) is 38.3 Å². The highest BCUT2D eigenvalue weighted by Gasteiger charge is 2.21. The molecule has 19 heavy (non-hydrogen) atoms. The molecule has 1 aliphatic rings. The molecule has 0 aromatic heterocycles. The van der Waals surface area contributed by atoms with Gasteiger partial charge in [-0.1, -0.05) is 22.0 Å². The van der Waals surface area contributed by atoms with Gasteiger partial charge in [0, 0.05) is 30.4 Å². The summed E-state index contributed by atoms with van der Waals surface area (Å²) >= 11 is 3.58. The maximum absolute atomic E-state index is 5.72. The first-order valence-corrected chi connectivity index (χ1v) is 7.76. The maximum Gasteiger partial charge on any atom is 0.0507 e. The first-order chi connectivity index (χ1) is 9.24. The maximum atomic E-state index is 5.72. The zero-order valence-corrected chi connectivity index (χ0v) is 13.2. The molecule has 1 atom stereocenters. The lowest BCUT2D eigenvalue weighted by Crippen LogP contribution is -2.37. The summed E-state index contributed by atoms with van der Waals surface area (Å²) in [5.41, 5.74) is 8.41. The molecule has 106 valence electrons. The number of nitrogens with two attached hydrogens (primary N) is 1. The second-order valence-corrected chi connectivity index (χ2v) is 6.14. The van der Waals surface area contributed by atoms with E-state index in [2.05, 4.69) is 39.0 Å². The van der Waals surface area contributed by atoms with Crippen LogP contribution >= 0.6 is 15.9 Å². The van der Waals surface area contributed by atoms with Crippen LogP contribution in [0.25, 0.3) is 0 Å². The molecule has 0 aliphatic carbocycles. The van der Waals surface area contributed by atoms with Crippen LogP contribution in [-0.2, 0) is 11.2 Å². The summed E-state index contributed by atoms with van der Waals surface area (Å²) in [6.45, 7) is 3.77. The zero-order valence-electron chi connectivity index (χ0n) is 11.6. The van der Waals surface area contributed by atoms with Gasteiger partial charge in [0.25, 0.3) is 0 Å². The minimum atomic E-state index is 0.642. The fraction of sp³-hybridized carbons (Fsp3) is 0.600. The second-order valence-electron chi connectivity index (χ2n) is 5.22. The molecule has 1 aliphatic heterocycles. The van der Waals surface area contributed by atoms with Crippen LogP contribution in [0.1, 0.15) is 18.4 Å². The molecule has 0 radical (unpaired) electrons. The van der Waals surface area contributed by atoms with Crippen LogP contribution in [0.2, 0.25) is 0 Å². The highest BCUT2D eigenvalue weighted by atomic mass is 79.9. The summed E-state index contributed by atoms with van der Waals surface area (Å²) in [5, 5.41) is 0. The van der Waals surface area contributed by atoms with E-state index in [9.17, 15) is 0 Å². The fourth-order valence-corrected chi connectivity index (χ4v) is 3.20. The number of hydrogen-bond donors (Lipinski definition) is 1. The third kappa shape index (κ3) is 3.94. The van der Waals surface area contributed by atoms with Gasteiger partial charge in [-0.25, -0.2) is 0 Å². The van der Waals surface area contributed by atoms with Crippen molar-refractivity contribution in [3.8, 4) is 0 Å². The van der Waals surface area contributed by atoms with Crippen molar-refractivity contribution in [3.05, 3.63) is 28.2 Å². The van der Waals surface area contributed by atoms with E-state index in [0.29, 0.717) is 12.5 Å². The zero-order chi connectivity index (χ0) is 13.7. The molecule has 1 unspecified atom stereocenters. The van der Waals surface area contributed by atoms with E-state index >= 15 is 0 Å². The molecule has 1 aromatic rings. The van der Waals surface area contributed by atoms with Gasteiger partial charge in [-0.15, -0.1) is 0 Å². The Labute approximate surface area is 124 Å². The number of hydrogen-bond acceptors (Lipinski definition) is 3. The quantitative estimate of drug-likeness (QED) is 0.904. The summed E-state index contributed by atoms with van der Waals surface area (Å²) in [6.07, 6.45) is 3.45. The molecule has 1 heterocycles. The molecule has 1 aromatic carbocycles. The van der Waals surface area contributed by atoms with Crippen molar-refractivity contribution in [1.29, 1.82) is 0 Å². The van der Waals surface area contributed by atoms with E-state index in [1.165, 1.54) is 24.1 Å². The van der Waals surface area contributed by atoms with Crippen LogP contribution in [0.5, 0.6) is 0 Å². The Hall–Kier alpha value is -0.580. The van der Waals surface area contributed by atoms with Crippen LogP contribution in [0.3, 0.4) is 0 Å². The average Bonchev–Trinajstić information content (AvgIpc) is 2.42. The average molecular weight is 327 g/mol. The summed E-state index contributed by atoms with van der Waals surface area (Å²) in [6, 6.07) is 6.51. The summed E-state index contributed by atoms with van der Waals surface area (Å²) in [7, 11) is 1.79. The predicted octanol–water partition coefficient (Wildman–Crippen LogP) is 2.81. The number of piperidine rings is 1. The highest BCUT2D eigenvalue weighted by molar-refractivity contribution is 9.10. The van der Waals surface area contributed by atoms with Gasteiger partial charge in [0.1, 0.15) is 0 Å². The van der Waals surface area contributed by atoms with Crippen molar-refractivity contribution in [2.24, 2.45) is 11.7 Å². The first-order valence-electron chi connectivity index (χ1n) is 6.97. The first kappa shape index (κ1) is 14.8. The topological polar surface area (TPSA) is 38.5 Å². The van der Waals surface area contributed by atoms with Crippen molar-refractivity contribution in [3.63, 3.8) is 0 Å². The molecular weight excluding hydrogens is 304 g/mol. The van der Waals surface area contributed by atoms with E-state index in [0.717, 1.165) is 30.6 Å². The normalized spacial score (nSPS) is 19.7. The molecule has 0 amide bonds. The van der Waals surface area contributed by atoms with Gasteiger partial charge < -0.3 is 15.4 Å². The van der Waals surface area contributed by atoms with E-state index in [-0.39, 0.29) is 0 Å². The molecule has 1 fully saturated rings. The van der Waals surface area contributed by atoms with Gasteiger partial charge in [-0.2, -0.15) is 0 Å². The summed E-state index contributed by atoms with van der Waals surface area (Å²) in [5.74, 6) is 0.642. The standard InChI is InChI=1S/C15H23BrN2O/c1-19-11-12-3-2-8-18(10-12)15-9-14(16)5-4-13(15)6-7-17/h4-5,9,12H,2-3,6-8,10-11,17H2,1H3. The SMILES string of the molecule is COCC1CCCN(c2cc(Br)ccc2CCN)C1. The van der Waals surface area contributed by atoms with Crippen molar-refractivity contribution < 1.29 is 4.74 Å². The van der Waals surface area contributed by atoms with E-state index in [1.54, 1.807) is 7.11 Å². The Morgan fingerprint density at radius 1 is 1.47 bits per heavy atom. The minimum absolute atomic E-state index is 0.642. The molecule has 0 bridgehead atoms. The number of methoxy groups -OCH3 is 1. The lowest BCUT2D eigenvalue weighted by molar-refractivity contribution is 0.143. The predicted molar refractivity (Wildman–Crippen MR) is 83.7 cm³/mol. The third-order valence-electron chi connectivity index (χ3n) is 3.72. The Morgan fingerprint density at radius 3 is 3.05 bits per heavy atom. The Kier molecular flexibility index (Phi) is 5.67. The van der Waals surface area contributed by atoms with Crippen molar-refractivity contribution >= 4 is 21.6 Å². The smallest absolute Gasteiger partial charge is 0.0507 e. The molecule has 0 saturated carbocycles. The molecule has 4 heteroatoms. The number of halogens is 1. The van der Waals surface area contributed by atoms with Gasteiger partial charge in [0.15, 0.2) is 0 Å². The minimum Gasteiger partial charge on any atom is -0.384 e.